The summed E-state index contributed by atoms with van der Waals surface area (Å²) in [4.78, 5) is 37.1. The second-order valence-corrected chi connectivity index (χ2v) is 14.1. The van der Waals surface area contributed by atoms with Gasteiger partial charge in [0.25, 0.3) is 5.91 Å². The number of ether oxygens (including phenoxy) is 1. The molecule has 240 valence electrons. The van der Waals surface area contributed by atoms with Crippen LogP contribution in [0.1, 0.15) is 92.2 Å². The molecule has 11 heteroatoms. The number of nitrogens with one attached hydrogen (secondary N) is 1. The molecule has 0 radical (unpaired) electrons. The van der Waals surface area contributed by atoms with Gasteiger partial charge in [-0.25, -0.2) is 9.78 Å². The number of anilines is 2. The van der Waals surface area contributed by atoms with E-state index in [1.807, 2.05) is 23.7 Å². The van der Waals surface area contributed by atoms with Gasteiger partial charge in [0.15, 0.2) is 0 Å². The largest absolute Gasteiger partial charge is 0.449 e. The lowest BCUT2D eigenvalue weighted by atomic mass is 9.58. The van der Waals surface area contributed by atoms with Crippen LogP contribution in [0.4, 0.5) is 16.4 Å². The number of thioether (sulfide) groups is 1. The molecule has 0 unspecified atom stereocenters. The highest BCUT2D eigenvalue weighted by Crippen LogP contribution is 2.52. The molecule has 2 aliphatic heterocycles. The van der Waals surface area contributed by atoms with Gasteiger partial charge in [-0.15, -0.1) is 22.0 Å². The maximum absolute atomic E-state index is 14.2. The fourth-order valence-electron chi connectivity index (χ4n) is 7.42. The van der Waals surface area contributed by atoms with Gasteiger partial charge in [-0.05, 0) is 97.7 Å². The van der Waals surface area contributed by atoms with Crippen molar-refractivity contribution in [1.82, 2.24) is 24.6 Å². The summed E-state index contributed by atoms with van der Waals surface area (Å²) in [6.07, 6.45) is 9.22. The lowest BCUT2D eigenvalue weighted by Gasteiger charge is -2.46. The van der Waals surface area contributed by atoms with Crippen molar-refractivity contribution in [1.29, 1.82) is 0 Å². The first-order chi connectivity index (χ1) is 21.7. The van der Waals surface area contributed by atoms with E-state index in [4.69, 9.17) is 9.72 Å². The highest BCUT2D eigenvalue weighted by Gasteiger charge is 2.49. The first-order valence-electron chi connectivity index (χ1n) is 16.3. The fourth-order valence-corrected chi connectivity index (χ4v) is 8.11. The average molecular weight is 632 g/mol. The second kappa shape index (κ2) is 13.1. The number of amides is 2. The molecular formula is C34H45N7O3S. The van der Waals surface area contributed by atoms with Gasteiger partial charge in [0.1, 0.15) is 23.8 Å². The van der Waals surface area contributed by atoms with Crippen LogP contribution < -0.4 is 10.2 Å². The van der Waals surface area contributed by atoms with E-state index >= 15 is 0 Å². The molecule has 0 bridgehead atoms. The molecule has 1 aliphatic carbocycles. The highest BCUT2D eigenvalue weighted by atomic mass is 32.2. The number of piperidine rings is 1. The summed E-state index contributed by atoms with van der Waals surface area (Å²) < 4.78 is 7.37. The predicted octanol–water partition coefficient (Wildman–Crippen LogP) is 6.39. The van der Waals surface area contributed by atoms with Crippen molar-refractivity contribution in [3.8, 4) is 0 Å². The van der Waals surface area contributed by atoms with Crippen LogP contribution in [0, 0.1) is 11.8 Å². The van der Waals surface area contributed by atoms with Crippen LogP contribution in [-0.2, 0) is 30.3 Å². The van der Waals surface area contributed by atoms with Crippen molar-refractivity contribution in [2.75, 3.05) is 36.2 Å². The summed E-state index contributed by atoms with van der Waals surface area (Å²) in [5.74, 6) is 2.86. The lowest BCUT2D eigenvalue weighted by molar-refractivity contribution is 0.0995. The molecule has 0 spiro atoms. The van der Waals surface area contributed by atoms with Crippen LogP contribution in [-0.4, -0.2) is 62.6 Å². The first-order valence-corrected chi connectivity index (χ1v) is 17.5. The maximum Gasteiger partial charge on any atom is 0.412 e. The van der Waals surface area contributed by atoms with E-state index in [1.165, 1.54) is 18.4 Å². The number of likely N-dealkylation sites (tertiary alicyclic amines) is 1. The zero-order valence-corrected chi connectivity index (χ0v) is 28.0. The summed E-state index contributed by atoms with van der Waals surface area (Å²) in [7, 11) is 1.96. The van der Waals surface area contributed by atoms with Crippen LogP contribution in [0.5, 0.6) is 0 Å². The van der Waals surface area contributed by atoms with Gasteiger partial charge in [-0.2, -0.15) is 0 Å². The average Bonchev–Trinajstić information content (AvgIpc) is 3.58. The van der Waals surface area contributed by atoms with Crippen LogP contribution in [0.2, 0.25) is 0 Å². The van der Waals surface area contributed by atoms with E-state index in [0.29, 0.717) is 36.6 Å². The van der Waals surface area contributed by atoms with Gasteiger partial charge in [0, 0.05) is 30.6 Å². The van der Waals surface area contributed by atoms with Gasteiger partial charge in [0.05, 0.1) is 18.6 Å². The zero-order chi connectivity index (χ0) is 31.7. The van der Waals surface area contributed by atoms with Crippen LogP contribution in [0.3, 0.4) is 0 Å². The molecule has 3 aliphatic rings. The third-order valence-corrected chi connectivity index (χ3v) is 10.4. The number of benzene rings is 1. The summed E-state index contributed by atoms with van der Waals surface area (Å²) in [6, 6.07) is 8.25. The number of pyridine rings is 1. The van der Waals surface area contributed by atoms with E-state index < -0.39 is 11.5 Å². The number of hydrogen-bond acceptors (Lipinski definition) is 8. The summed E-state index contributed by atoms with van der Waals surface area (Å²) in [5.41, 5.74) is 3.50. The predicted molar refractivity (Wildman–Crippen MR) is 177 cm³/mol. The van der Waals surface area contributed by atoms with Gasteiger partial charge < -0.3 is 9.30 Å². The van der Waals surface area contributed by atoms with Crippen molar-refractivity contribution in [3.05, 3.63) is 58.7 Å². The molecule has 1 aromatic carbocycles. The molecule has 2 amide bonds. The minimum atomic E-state index is -0.550. The second-order valence-electron chi connectivity index (χ2n) is 13.3. The quantitative estimate of drug-likeness (QED) is 0.203. The molecule has 1 atom stereocenters. The smallest absolute Gasteiger partial charge is 0.412 e. The molecule has 1 saturated heterocycles. The number of unbranched alkanes of at least 4 members (excludes halogenated alkanes) is 1. The minimum Gasteiger partial charge on any atom is -0.449 e. The number of rotatable bonds is 10. The number of fused-ring (bicyclic) bond motifs is 1. The van der Waals surface area contributed by atoms with Gasteiger partial charge in [-0.3, -0.25) is 19.9 Å². The van der Waals surface area contributed by atoms with Gasteiger partial charge >= 0.3 is 6.09 Å². The Morgan fingerprint density at radius 2 is 2.00 bits per heavy atom. The molecule has 45 heavy (non-hydrogen) atoms. The molecule has 3 aromatic rings. The number of aryl methyl sites for hydroxylation is 1. The van der Waals surface area contributed by atoms with E-state index in [-0.39, 0.29) is 5.91 Å². The van der Waals surface area contributed by atoms with Crippen molar-refractivity contribution >= 4 is 35.4 Å². The molecular weight excluding hydrogens is 586 g/mol. The number of hydrogen-bond donors (Lipinski definition) is 1. The number of carbonyl (C=O) groups excluding carboxylic acids is 2. The standard InChI is InChI=1S/C34H45N7O3S/c1-6-7-11-44-33(43)37-29-14-25(34(16-23(3)17-34)32-38-35-21-39(32)4)15-30(36-29)41-20-27-26(31(41)42)12-24(13-28(27)45-5)19-40-10-8-9-22(2)18-40/h12-15,21-23H,6-11,16-20H2,1-5H3,(H,36,37,43)/t22-,23?,34?/m0/s1. The van der Waals surface area contributed by atoms with Crippen LogP contribution >= 0.6 is 11.8 Å². The molecule has 6 rings (SSSR count). The number of carbonyl (C=O) groups is 2. The Bertz CT molecular complexity index is 1570. The Hall–Kier alpha value is -3.44. The summed E-state index contributed by atoms with van der Waals surface area (Å²) in [6.45, 7) is 10.4. The first kappa shape index (κ1) is 31.5. The van der Waals surface area contributed by atoms with E-state index in [0.717, 1.165) is 72.7 Å². The zero-order valence-electron chi connectivity index (χ0n) is 27.1. The molecule has 4 heterocycles. The summed E-state index contributed by atoms with van der Waals surface area (Å²) in [5, 5.41) is 11.5. The SMILES string of the molecule is CCCCOC(=O)Nc1cc(C2(c3nncn3C)CC(C)C2)cc(N2Cc3c(SC)cc(CN4CCC[C@H](C)C4)cc3C2=O)n1. The normalized spacial score (nSPS) is 23.1. The molecule has 1 saturated carbocycles. The molecule has 2 fully saturated rings. The Balaban J connectivity index is 1.35. The fraction of sp³-hybridized carbons (Fsp3) is 0.559. The van der Waals surface area contributed by atoms with Crippen molar-refractivity contribution in [2.24, 2.45) is 18.9 Å². The summed E-state index contributed by atoms with van der Waals surface area (Å²) >= 11 is 1.68. The molecule has 10 nitrogen and oxygen atoms in total. The van der Waals surface area contributed by atoms with Crippen molar-refractivity contribution < 1.29 is 14.3 Å². The number of nitrogens with zero attached hydrogens (tertiary/aromatic N) is 6. The van der Waals surface area contributed by atoms with Gasteiger partial charge in [0.2, 0.25) is 0 Å². The maximum atomic E-state index is 14.2. The van der Waals surface area contributed by atoms with Gasteiger partial charge in [-0.1, -0.05) is 27.2 Å². The van der Waals surface area contributed by atoms with Crippen LogP contribution in [0.15, 0.2) is 35.5 Å². The topological polar surface area (TPSA) is 105 Å². The van der Waals surface area contributed by atoms with E-state index in [2.05, 4.69) is 59.6 Å². The lowest BCUT2D eigenvalue weighted by Crippen LogP contribution is -2.43. The van der Waals surface area contributed by atoms with Crippen molar-refractivity contribution in [3.63, 3.8) is 0 Å². The Morgan fingerprint density at radius 3 is 2.69 bits per heavy atom. The van der Waals surface area contributed by atoms with Crippen LogP contribution in [0.25, 0.3) is 0 Å². The third-order valence-electron chi connectivity index (χ3n) is 9.56. The van der Waals surface area contributed by atoms with E-state index in [9.17, 15) is 9.59 Å². The Morgan fingerprint density at radius 1 is 1.18 bits per heavy atom. The monoisotopic (exact) mass is 631 g/mol. The molecule has 2 aromatic heterocycles. The van der Waals surface area contributed by atoms with E-state index in [1.54, 1.807) is 23.0 Å². The van der Waals surface area contributed by atoms with Crippen molar-refractivity contribution in [2.45, 2.75) is 82.7 Å². The highest BCUT2D eigenvalue weighted by molar-refractivity contribution is 7.98. The Kier molecular flexibility index (Phi) is 9.19. The minimum absolute atomic E-state index is 0.0648. The Labute approximate surface area is 270 Å². The molecule has 1 N–H and O–H groups in total. The number of aromatic nitrogens is 4. The third kappa shape index (κ3) is 6.34.